The normalized spacial score (nSPS) is 14.4. The zero-order chi connectivity index (χ0) is 9.40. The van der Waals surface area contributed by atoms with Crippen molar-refractivity contribution in [2.45, 2.75) is 32.3 Å². The van der Waals surface area contributed by atoms with Crippen molar-refractivity contribution in [3.05, 3.63) is 24.3 Å². The van der Waals surface area contributed by atoms with Gasteiger partial charge in [-0.1, -0.05) is 33.7 Å². The first-order chi connectivity index (χ1) is 5.70. The second-order valence-corrected chi connectivity index (χ2v) is 3.69. The molecule has 0 aromatic heterocycles. The zero-order valence-electron chi connectivity index (χ0n) is 7.59. The Kier molecular flexibility index (Phi) is 7.51. The minimum Gasteiger partial charge on any atom is -0.389 e. The third-order valence-corrected chi connectivity index (χ3v) is 2.15. The lowest BCUT2D eigenvalue weighted by atomic mass is 10.1. The second kappa shape index (κ2) is 7.56. The van der Waals surface area contributed by atoms with E-state index in [-0.39, 0.29) is 6.10 Å². The molecule has 0 spiro atoms. The Bertz CT molecular complexity index is 152. The fraction of sp³-hybridized carbons (Fsp3) is 0.600. The van der Waals surface area contributed by atoms with E-state index >= 15 is 0 Å². The highest BCUT2D eigenvalue weighted by Gasteiger charge is 1.97. The molecule has 0 aromatic rings. The van der Waals surface area contributed by atoms with E-state index in [1.165, 1.54) is 5.57 Å². The number of halogens is 1. The van der Waals surface area contributed by atoms with E-state index in [4.69, 9.17) is 0 Å². The van der Waals surface area contributed by atoms with Crippen LogP contribution in [-0.2, 0) is 0 Å². The SMILES string of the molecule is C=CCC(O)/C=C(\C)CCCBr. The summed E-state index contributed by atoms with van der Waals surface area (Å²) >= 11 is 3.37. The van der Waals surface area contributed by atoms with Gasteiger partial charge in [0.1, 0.15) is 0 Å². The summed E-state index contributed by atoms with van der Waals surface area (Å²) in [6.07, 6.45) is 6.12. The molecule has 0 saturated carbocycles. The van der Waals surface area contributed by atoms with E-state index < -0.39 is 0 Å². The van der Waals surface area contributed by atoms with E-state index in [0.29, 0.717) is 6.42 Å². The fourth-order valence-electron chi connectivity index (χ4n) is 0.996. The number of hydrogen-bond acceptors (Lipinski definition) is 1. The van der Waals surface area contributed by atoms with Crippen molar-refractivity contribution in [1.82, 2.24) is 0 Å². The molecule has 0 aliphatic carbocycles. The van der Waals surface area contributed by atoms with Crippen molar-refractivity contribution < 1.29 is 5.11 Å². The number of rotatable bonds is 6. The van der Waals surface area contributed by atoms with Crippen LogP contribution >= 0.6 is 15.9 Å². The van der Waals surface area contributed by atoms with Crippen LogP contribution in [0.5, 0.6) is 0 Å². The molecule has 70 valence electrons. The maximum atomic E-state index is 9.36. The summed E-state index contributed by atoms with van der Waals surface area (Å²) in [5.74, 6) is 0. The Morgan fingerprint density at radius 1 is 1.67 bits per heavy atom. The fourth-order valence-corrected chi connectivity index (χ4v) is 1.28. The van der Waals surface area contributed by atoms with Gasteiger partial charge in [0.2, 0.25) is 0 Å². The van der Waals surface area contributed by atoms with Crippen molar-refractivity contribution in [1.29, 1.82) is 0 Å². The molecule has 1 nitrogen and oxygen atoms in total. The highest BCUT2D eigenvalue weighted by atomic mass is 79.9. The van der Waals surface area contributed by atoms with Gasteiger partial charge in [0.25, 0.3) is 0 Å². The molecule has 1 N–H and O–H groups in total. The maximum Gasteiger partial charge on any atom is 0.0757 e. The maximum absolute atomic E-state index is 9.36. The summed E-state index contributed by atoms with van der Waals surface area (Å²) in [4.78, 5) is 0. The lowest BCUT2D eigenvalue weighted by Crippen LogP contribution is -2.00. The van der Waals surface area contributed by atoms with Crippen molar-refractivity contribution >= 4 is 15.9 Å². The van der Waals surface area contributed by atoms with Crippen molar-refractivity contribution in [3.8, 4) is 0 Å². The van der Waals surface area contributed by atoms with Crippen molar-refractivity contribution in [2.75, 3.05) is 5.33 Å². The van der Waals surface area contributed by atoms with E-state index in [2.05, 4.69) is 29.4 Å². The number of allylic oxidation sites excluding steroid dienone is 1. The Morgan fingerprint density at radius 3 is 2.83 bits per heavy atom. The summed E-state index contributed by atoms with van der Waals surface area (Å²) < 4.78 is 0. The standard InChI is InChI=1S/C10H17BrO/c1-3-5-10(12)8-9(2)6-4-7-11/h3,8,10,12H,1,4-7H2,2H3/b9-8+. The molecule has 0 bridgehead atoms. The average Bonchev–Trinajstić information content (AvgIpc) is 2.01. The molecule has 0 saturated heterocycles. The smallest absolute Gasteiger partial charge is 0.0757 e. The molecule has 0 aliphatic heterocycles. The lowest BCUT2D eigenvalue weighted by molar-refractivity contribution is 0.226. The zero-order valence-corrected chi connectivity index (χ0v) is 9.18. The topological polar surface area (TPSA) is 20.2 Å². The van der Waals surface area contributed by atoms with E-state index in [1.807, 2.05) is 6.08 Å². The van der Waals surface area contributed by atoms with E-state index in [1.54, 1.807) is 6.08 Å². The second-order valence-electron chi connectivity index (χ2n) is 2.90. The van der Waals surface area contributed by atoms with Gasteiger partial charge in [-0.3, -0.25) is 0 Å². The molecule has 0 heterocycles. The van der Waals surface area contributed by atoms with E-state index in [9.17, 15) is 5.11 Å². The number of aliphatic hydroxyl groups is 1. The number of alkyl halides is 1. The van der Waals surface area contributed by atoms with E-state index in [0.717, 1.165) is 18.2 Å². The van der Waals surface area contributed by atoms with Crippen LogP contribution in [-0.4, -0.2) is 16.5 Å². The van der Waals surface area contributed by atoms with Gasteiger partial charge < -0.3 is 5.11 Å². The molecule has 0 rings (SSSR count). The Balaban J connectivity index is 3.71. The first-order valence-electron chi connectivity index (χ1n) is 4.23. The minimum atomic E-state index is -0.349. The lowest BCUT2D eigenvalue weighted by Gasteiger charge is -2.04. The van der Waals surface area contributed by atoms with Crippen LogP contribution in [0.3, 0.4) is 0 Å². The van der Waals surface area contributed by atoms with Crippen LogP contribution in [0.1, 0.15) is 26.2 Å². The van der Waals surface area contributed by atoms with Gasteiger partial charge in [-0.05, 0) is 26.2 Å². The summed E-state index contributed by atoms with van der Waals surface area (Å²) in [6, 6.07) is 0. The predicted octanol–water partition coefficient (Wildman–Crippen LogP) is 3.04. The molecule has 1 unspecified atom stereocenters. The number of aliphatic hydroxyl groups excluding tert-OH is 1. The van der Waals surface area contributed by atoms with Gasteiger partial charge in [0, 0.05) is 5.33 Å². The molecular formula is C10H17BrO. The third kappa shape index (κ3) is 6.62. The first kappa shape index (κ1) is 11.9. The van der Waals surface area contributed by atoms with Gasteiger partial charge in [-0.2, -0.15) is 0 Å². The molecule has 12 heavy (non-hydrogen) atoms. The van der Waals surface area contributed by atoms with Gasteiger partial charge >= 0.3 is 0 Å². The van der Waals surface area contributed by atoms with Crippen LogP contribution in [0.25, 0.3) is 0 Å². The number of hydrogen-bond donors (Lipinski definition) is 1. The Hall–Kier alpha value is -0.0800. The average molecular weight is 233 g/mol. The first-order valence-corrected chi connectivity index (χ1v) is 5.35. The van der Waals surface area contributed by atoms with Gasteiger partial charge in [0.15, 0.2) is 0 Å². The summed E-state index contributed by atoms with van der Waals surface area (Å²) in [7, 11) is 0. The summed E-state index contributed by atoms with van der Waals surface area (Å²) in [6.45, 7) is 5.62. The molecule has 1 atom stereocenters. The highest BCUT2D eigenvalue weighted by Crippen LogP contribution is 2.08. The van der Waals surface area contributed by atoms with Crippen LogP contribution in [0.4, 0.5) is 0 Å². The highest BCUT2D eigenvalue weighted by molar-refractivity contribution is 9.09. The monoisotopic (exact) mass is 232 g/mol. The quantitative estimate of drug-likeness (QED) is 0.552. The minimum absolute atomic E-state index is 0.349. The molecule has 0 amide bonds. The summed E-state index contributed by atoms with van der Waals surface area (Å²) in [5, 5.41) is 10.4. The largest absolute Gasteiger partial charge is 0.389 e. The van der Waals surface area contributed by atoms with Gasteiger partial charge in [-0.25, -0.2) is 0 Å². The summed E-state index contributed by atoms with van der Waals surface area (Å²) in [5.41, 5.74) is 1.25. The van der Waals surface area contributed by atoms with Crippen molar-refractivity contribution in [3.63, 3.8) is 0 Å². The van der Waals surface area contributed by atoms with Crippen LogP contribution < -0.4 is 0 Å². The molecule has 0 radical (unpaired) electrons. The molecular weight excluding hydrogens is 216 g/mol. The van der Waals surface area contributed by atoms with Crippen LogP contribution in [0.15, 0.2) is 24.3 Å². The van der Waals surface area contributed by atoms with Crippen molar-refractivity contribution in [2.24, 2.45) is 0 Å². The van der Waals surface area contributed by atoms with Crippen LogP contribution in [0.2, 0.25) is 0 Å². The third-order valence-electron chi connectivity index (χ3n) is 1.59. The van der Waals surface area contributed by atoms with Gasteiger partial charge in [-0.15, -0.1) is 6.58 Å². The Labute approximate surface area is 83.3 Å². The molecule has 2 heteroatoms. The molecule has 0 aromatic carbocycles. The predicted molar refractivity (Wildman–Crippen MR) is 57.6 cm³/mol. The van der Waals surface area contributed by atoms with Gasteiger partial charge in [0.05, 0.1) is 6.10 Å². The molecule has 0 fully saturated rings. The molecule has 0 aliphatic rings. The Morgan fingerprint density at radius 2 is 2.33 bits per heavy atom. The van der Waals surface area contributed by atoms with Crippen LogP contribution in [0, 0.1) is 0 Å².